The molecule has 0 aromatic heterocycles. The van der Waals surface area contributed by atoms with Crippen molar-refractivity contribution in [3.05, 3.63) is 62.7 Å². The predicted molar refractivity (Wildman–Crippen MR) is 79.3 cm³/mol. The fraction of sp³-hybridized carbons (Fsp3) is 0. The predicted octanol–water partition coefficient (Wildman–Crippen LogP) is 2.49. The van der Waals surface area contributed by atoms with E-state index >= 15 is 0 Å². The molecule has 120 valence electrons. The summed E-state index contributed by atoms with van der Waals surface area (Å²) in [4.78, 5) is 19.7. The summed E-state index contributed by atoms with van der Waals surface area (Å²) in [5.74, 6) is 0. The van der Waals surface area contributed by atoms with Gasteiger partial charge in [-0.2, -0.15) is 8.42 Å². The molecule has 0 unspecified atom stereocenters. The van der Waals surface area contributed by atoms with Gasteiger partial charge < -0.3 is 5.32 Å². The topological polar surface area (TPSA) is 153 Å². The van der Waals surface area contributed by atoms with Crippen LogP contribution < -0.4 is 5.32 Å². The van der Waals surface area contributed by atoms with Gasteiger partial charge in [-0.1, -0.05) is 6.07 Å². The molecule has 2 aromatic carbocycles. The normalized spacial score (nSPS) is 11.0. The lowest BCUT2D eigenvalue weighted by Gasteiger charge is -2.08. The van der Waals surface area contributed by atoms with Crippen molar-refractivity contribution in [3.63, 3.8) is 0 Å². The largest absolute Gasteiger partial charge is 0.350 e. The Labute approximate surface area is 129 Å². The molecule has 10 nitrogen and oxygen atoms in total. The van der Waals surface area contributed by atoms with Gasteiger partial charge >= 0.3 is 0 Å². The van der Waals surface area contributed by atoms with Crippen LogP contribution in [0, 0.1) is 20.2 Å². The molecule has 0 bridgehead atoms. The van der Waals surface area contributed by atoms with E-state index in [-0.39, 0.29) is 11.4 Å². The van der Waals surface area contributed by atoms with Gasteiger partial charge in [-0.15, -0.1) is 0 Å². The zero-order valence-electron chi connectivity index (χ0n) is 11.2. The van der Waals surface area contributed by atoms with Crippen LogP contribution in [0.15, 0.2) is 47.4 Å². The molecule has 0 fully saturated rings. The van der Waals surface area contributed by atoms with E-state index in [0.29, 0.717) is 0 Å². The first kappa shape index (κ1) is 16.3. The molecular formula is C12H9N3O7S. The van der Waals surface area contributed by atoms with Crippen LogP contribution in [-0.4, -0.2) is 22.8 Å². The van der Waals surface area contributed by atoms with E-state index in [9.17, 15) is 28.6 Å². The Hall–Kier alpha value is -3.05. The molecule has 2 rings (SSSR count). The average Bonchev–Trinajstić information content (AvgIpc) is 2.46. The minimum Gasteiger partial charge on any atom is -0.350 e. The minimum absolute atomic E-state index is 0.0620. The lowest BCUT2D eigenvalue weighted by molar-refractivity contribution is -0.393. The molecule has 0 heterocycles. The first-order chi connectivity index (χ1) is 10.7. The quantitative estimate of drug-likeness (QED) is 0.478. The molecule has 0 aliphatic carbocycles. The molecule has 0 aliphatic rings. The lowest BCUT2D eigenvalue weighted by atomic mass is 10.2. The number of anilines is 2. The van der Waals surface area contributed by atoms with Crippen LogP contribution in [0.3, 0.4) is 0 Å². The molecule has 0 radical (unpaired) electrons. The fourth-order valence-corrected chi connectivity index (χ4v) is 2.31. The maximum absolute atomic E-state index is 11.1. The van der Waals surface area contributed by atoms with E-state index in [4.69, 9.17) is 4.55 Å². The summed E-state index contributed by atoms with van der Waals surface area (Å²) in [5.41, 5.74) is -0.907. The van der Waals surface area contributed by atoms with Gasteiger partial charge in [0.25, 0.3) is 21.5 Å². The van der Waals surface area contributed by atoms with Crippen LogP contribution in [-0.2, 0) is 10.1 Å². The highest BCUT2D eigenvalue weighted by Gasteiger charge is 2.20. The molecule has 0 spiro atoms. The Balaban J connectivity index is 2.44. The van der Waals surface area contributed by atoms with Crippen LogP contribution >= 0.6 is 0 Å². The number of nitrogens with zero attached hydrogens (tertiary/aromatic N) is 2. The second-order valence-electron chi connectivity index (χ2n) is 4.34. The van der Waals surface area contributed by atoms with Gasteiger partial charge in [0.1, 0.15) is 5.69 Å². The highest BCUT2D eigenvalue weighted by Crippen LogP contribution is 2.31. The molecule has 0 saturated heterocycles. The summed E-state index contributed by atoms with van der Waals surface area (Å²) in [5, 5.41) is 24.3. The monoisotopic (exact) mass is 339 g/mol. The summed E-state index contributed by atoms with van der Waals surface area (Å²) in [6.07, 6.45) is 0. The summed E-state index contributed by atoms with van der Waals surface area (Å²) in [6.45, 7) is 0. The van der Waals surface area contributed by atoms with Crippen LogP contribution in [0.1, 0.15) is 0 Å². The maximum Gasteiger partial charge on any atom is 0.299 e. The SMILES string of the molecule is O=[N+]([O-])c1ccc(Nc2cccc(S(=O)(=O)O)c2)c([N+](=O)[O-])c1. The van der Waals surface area contributed by atoms with Crippen LogP contribution in [0.4, 0.5) is 22.7 Å². The van der Waals surface area contributed by atoms with Gasteiger partial charge in [0, 0.05) is 11.8 Å². The van der Waals surface area contributed by atoms with Crippen molar-refractivity contribution in [1.82, 2.24) is 0 Å². The molecule has 11 heteroatoms. The molecular weight excluding hydrogens is 330 g/mol. The number of nitrogens with one attached hydrogen (secondary N) is 1. The summed E-state index contributed by atoms with van der Waals surface area (Å²) in [7, 11) is -4.43. The molecule has 23 heavy (non-hydrogen) atoms. The zero-order valence-corrected chi connectivity index (χ0v) is 12.1. The Kier molecular flexibility index (Phi) is 4.24. The summed E-state index contributed by atoms with van der Waals surface area (Å²) in [6, 6.07) is 7.95. The van der Waals surface area contributed by atoms with Crippen molar-refractivity contribution < 1.29 is 22.8 Å². The van der Waals surface area contributed by atoms with E-state index in [1.54, 1.807) is 0 Å². The van der Waals surface area contributed by atoms with Crippen LogP contribution in [0.5, 0.6) is 0 Å². The smallest absolute Gasteiger partial charge is 0.299 e. The number of non-ortho nitro benzene ring substituents is 1. The van der Waals surface area contributed by atoms with Crippen molar-refractivity contribution >= 4 is 32.9 Å². The molecule has 2 aromatic rings. The van der Waals surface area contributed by atoms with E-state index in [1.165, 1.54) is 12.1 Å². The Morgan fingerprint density at radius 3 is 2.26 bits per heavy atom. The number of hydrogen-bond acceptors (Lipinski definition) is 7. The van der Waals surface area contributed by atoms with E-state index in [1.807, 2.05) is 0 Å². The molecule has 0 aliphatic heterocycles. The zero-order chi connectivity index (χ0) is 17.2. The number of nitro benzene ring substituents is 2. The standard InChI is InChI=1S/C12H9N3O7S/c16-14(17)9-4-5-11(12(7-9)15(18)19)13-8-2-1-3-10(6-8)23(20,21)22/h1-7,13H,(H,20,21,22). The van der Waals surface area contributed by atoms with Crippen molar-refractivity contribution in [3.8, 4) is 0 Å². The lowest BCUT2D eigenvalue weighted by Crippen LogP contribution is -2.01. The minimum atomic E-state index is -4.43. The van der Waals surface area contributed by atoms with Crippen LogP contribution in [0.25, 0.3) is 0 Å². The maximum atomic E-state index is 11.1. The van der Waals surface area contributed by atoms with E-state index in [2.05, 4.69) is 5.32 Å². The van der Waals surface area contributed by atoms with Gasteiger partial charge in [-0.3, -0.25) is 24.8 Å². The highest BCUT2D eigenvalue weighted by atomic mass is 32.2. The van der Waals surface area contributed by atoms with Crippen molar-refractivity contribution in [1.29, 1.82) is 0 Å². The molecule has 0 amide bonds. The average molecular weight is 339 g/mol. The number of nitro groups is 2. The van der Waals surface area contributed by atoms with Gasteiger partial charge in [0.15, 0.2) is 0 Å². The third kappa shape index (κ3) is 3.78. The van der Waals surface area contributed by atoms with Gasteiger partial charge in [-0.05, 0) is 24.3 Å². The first-order valence-electron chi connectivity index (χ1n) is 5.96. The molecule has 0 saturated carbocycles. The van der Waals surface area contributed by atoms with Crippen molar-refractivity contribution in [2.75, 3.05) is 5.32 Å². The Bertz CT molecular complexity index is 895. The van der Waals surface area contributed by atoms with Crippen molar-refractivity contribution in [2.24, 2.45) is 0 Å². The van der Waals surface area contributed by atoms with Crippen molar-refractivity contribution in [2.45, 2.75) is 4.90 Å². The third-order valence-corrected chi connectivity index (χ3v) is 3.65. The third-order valence-electron chi connectivity index (χ3n) is 2.80. The van der Waals surface area contributed by atoms with Gasteiger partial charge in [0.05, 0.1) is 20.8 Å². The number of rotatable bonds is 5. The Morgan fingerprint density at radius 1 is 1.00 bits per heavy atom. The summed E-state index contributed by atoms with van der Waals surface area (Å²) < 4.78 is 31.1. The Morgan fingerprint density at radius 2 is 1.70 bits per heavy atom. The van der Waals surface area contributed by atoms with Crippen LogP contribution in [0.2, 0.25) is 0 Å². The summed E-state index contributed by atoms with van der Waals surface area (Å²) >= 11 is 0. The second-order valence-corrected chi connectivity index (χ2v) is 5.77. The van der Waals surface area contributed by atoms with Gasteiger partial charge in [0.2, 0.25) is 0 Å². The fourth-order valence-electron chi connectivity index (χ4n) is 1.78. The second kappa shape index (κ2) is 5.98. The molecule has 2 N–H and O–H groups in total. The number of benzene rings is 2. The first-order valence-corrected chi connectivity index (χ1v) is 7.40. The molecule has 0 atom stereocenters. The number of hydrogen-bond donors (Lipinski definition) is 2. The van der Waals surface area contributed by atoms with Gasteiger partial charge in [-0.25, -0.2) is 0 Å². The van der Waals surface area contributed by atoms with E-state index < -0.39 is 36.2 Å². The van der Waals surface area contributed by atoms with E-state index in [0.717, 1.165) is 30.3 Å². The highest BCUT2D eigenvalue weighted by molar-refractivity contribution is 7.85.